The number of rotatable bonds is 8. The van der Waals surface area contributed by atoms with Crippen molar-refractivity contribution in [2.24, 2.45) is 0 Å². The molecule has 1 N–H and O–H groups in total. The van der Waals surface area contributed by atoms with Crippen molar-refractivity contribution in [3.8, 4) is 0 Å². The predicted octanol–water partition coefficient (Wildman–Crippen LogP) is 1.49. The molecule has 0 saturated heterocycles. The number of benzene rings is 2. The van der Waals surface area contributed by atoms with E-state index in [1.54, 1.807) is 0 Å². The Kier molecular flexibility index (Phi) is 8.93. The van der Waals surface area contributed by atoms with Gasteiger partial charge in [-0.2, -0.15) is 0 Å². The summed E-state index contributed by atoms with van der Waals surface area (Å²) in [7, 11) is 0. The van der Waals surface area contributed by atoms with Crippen molar-refractivity contribution in [1.29, 1.82) is 0 Å². The van der Waals surface area contributed by atoms with Crippen LogP contribution in [0.25, 0.3) is 0 Å². The molecule has 0 fully saturated rings. The van der Waals surface area contributed by atoms with Gasteiger partial charge in [0.15, 0.2) is 0 Å². The van der Waals surface area contributed by atoms with Crippen molar-refractivity contribution >= 4 is 0 Å². The van der Waals surface area contributed by atoms with Gasteiger partial charge in [0.25, 0.3) is 0 Å². The van der Waals surface area contributed by atoms with Crippen LogP contribution >= 0.6 is 0 Å². The quantitative estimate of drug-likeness (QED) is 0.740. The summed E-state index contributed by atoms with van der Waals surface area (Å²) in [4.78, 5) is 0. The second-order valence-corrected chi connectivity index (χ2v) is 6.03. The van der Waals surface area contributed by atoms with Gasteiger partial charge in [-0.1, -0.05) is 74.0 Å². The number of hydrogen-bond donors (Lipinski definition) is 1. The molecular formula is C20H27ClNO-. The zero-order valence-electron chi connectivity index (χ0n) is 14.3. The van der Waals surface area contributed by atoms with Crippen molar-refractivity contribution < 1.29 is 17.1 Å². The van der Waals surface area contributed by atoms with E-state index < -0.39 is 0 Å². The summed E-state index contributed by atoms with van der Waals surface area (Å²) >= 11 is 0. The first-order valence-corrected chi connectivity index (χ1v) is 8.13. The van der Waals surface area contributed by atoms with E-state index in [2.05, 4.69) is 74.6 Å². The van der Waals surface area contributed by atoms with Crippen molar-refractivity contribution in [2.45, 2.75) is 39.3 Å². The highest BCUT2D eigenvalue weighted by Gasteiger charge is 2.14. The van der Waals surface area contributed by atoms with E-state index in [4.69, 9.17) is 4.74 Å². The third-order valence-corrected chi connectivity index (χ3v) is 3.64. The van der Waals surface area contributed by atoms with Crippen LogP contribution in [-0.4, -0.2) is 19.2 Å². The summed E-state index contributed by atoms with van der Waals surface area (Å²) in [6.07, 6.45) is 1.04. The number of halogens is 1. The fraction of sp³-hybridized carbons (Fsp3) is 0.400. The summed E-state index contributed by atoms with van der Waals surface area (Å²) in [5.74, 6) is 0. The molecule has 0 amide bonds. The van der Waals surface area contributed by atoms with Crippen LogP contribution in [0.15, 0.2) is 54.6 Å². The van der Waals surface area contributed by atoms with Crippen LogP contribution < -0.4 is 17.7 Å². The molecule has 23 heavy (non-hydrogen) atoms. The molecule has 0 aliphatic heterocycles. The first-order chi connectivity index (χ1) is 10.7. The topological polar surface area (TPSA) is 21.3 Å². The van der Waals surface area contributed by atoms with Gasteiger partial charge in [-0.05, 0) is 31.0 Å². The number of aryl methyl sites for hydroxylation is 1. The molecule has 2 nitrogen and oxygen atoms in total. The van der Waals surface area contributed by atoms with Crippen LogP contribution in [0.3, 0.4) is 0 Å². The Balaban J connectivity index is 0.00000264. The Morgan fingerprint density at radius 2 is 1.52 bits per heavy atom. The average Bonchev–Trinajstić information content (AvgIpc) is 2.53. The Labute approximate surface area is 146 Å². The standard InChI is InChI=1S/C20H27NO.ClH/c1-16(2)21-14-7-15-22-20(18-8-5-4-6-9-18)19-12-10-17(3)11-13-19;/h4-6,8-13,16,20-21H,7,14-15H2,1-3H3;1H/p-1. The normalized spacial score (nSPS) is 12.0. The lowest BCUT2D eigenvalue weighted by Gasteiger charge is -2.19. The Bertz CT molecular complexity index is 539. The van der Waals surface area contributed by atoms with Crippen LogP contribution in [0, 0.1) is 6.92 Å². The van der Waals surface area contributed by atoms with E-state index in [9.17, 15) is 0 Å². The lowest BCUT2D eigenvalue weighted by molar-refractivity contribution is -0.00000606. The van der Waals surface area contributed by atoms with Crippen LogP contribution in [0.5, 0.6) is 0 Å². The molecular weight excluding hydrogens is 306 g/mol. The fourth-order valence-electron chi connectivity index (χ4n) is 2.42. The van der Waals surface area contributed by atoms with Gasteiger partial charge >= 0.3 is 0 Å². The molecule has 3 heteroatoms. The number of hydrogen-bond acceptors (Lipinski definition) is 2. The minimum atomic E-state index is 0. The first kappa shape index (κ1) is 19.7. The van der Waals surface area contributed by atoms with Crippen LogP contribution in [-0.2, 0) is 4.74 Å². The van der Waals surface area contributed by atoms with Crippen molar-refractivity contribution in [1.82, 2.24) is 5.32 Å². The van der Waals surface area contributed by atoms with Gasteiger partial charge in [0.1, 0.15) is 6.10 Å². The third-order valence-electron chi connectivity index (χ3n) is 3.64. The van der Waals surface area contributed by atoms with Crippen molar-refractivity contribution in [3.63, 3.8) is 0 Å². The van der Waals surface area contributed by atoms with Gasteiger partial charge in [0, 0.05) is 12.6 Å². The molecule has 0 saturated carbocycles. The van der Waals surface area contributed by atoms with Crippen LogP contribution in [0.4, 0.5) is 0 Å². The minimum absolute atomic E-state index is 0. The monoisotopic (exact) mass is 332 g/mol. The summed E-state index contributed by atoms with van der Waals surface area (Å²) in [5.41, 5.74) is 3.70. The van der Waals surface area contributed by atoms with E-state index in [1.807, 2.05) is 6.07 Å². The first-order valence-electron chi connectivity index (χ1n) is 8.13. The molecule has 0 heterocycles. The van der Waals surface area contributed by atoms with Gasteiger partial charge in [-0.25, -0.2) is 0 Å². The zero-order valence-corrected chi connectivity index (χ0v) is 15.0. The molecule has 0 aromatic heterocycles. The van der Waals surface area contributed by atoms with Gasteiger partial charge in [0.05, 0.1) is 0 Å². The third kappa shape index (κ3) is 6.74. The van der Waals surface area contributed by atoms with Gasteiger partial charge < -0.3 is 22.5 Å². The van der Waals surface area contributed by atoms with Crippen molar-refractivity contribution in [2.75, 3.05) is 13.2 Å². The average molecular weight is 333 g/mol. The lowest BCUT2D eigenvalue weighted by Crippen LogP contribution is -3.00. The SMILES string of the molecule is Cc1ccc(C(OCCCNC(C)C)c2ccccc2)cc1.[Cl-]. The van der Waals surface area contributed by atoms with Crippen molar-refractivity contribution in [3.05, 3.63) is 71.3 Å². The van der Waals surface area contributed by atoms with Gasteiger partial charge in [-0.3, -0.25) is 0 Å². The van der Waals surface area contributed by atoms with Gasteiger partial charge in [-0.15, -0.1) is 0 Å². The number of nitrogens with one attached hydrogen (secondary N) is 1. The predicted molar refractivity (Wildman–Crippen MR) is 93.2 cm³/mol. The molecule has 2 aromatic rings. The van der Waals surface area contributed by atoms with E-state index >= 15 is 0 Å². The zero-order chi connectivity index (χ0) is 15.8. The molecule has 2 aromatic carbocycles. The van der Waals surface area contributed by atoms with E-state index in [-0.39, 0.29) is 18.5 Å². The highest BCUT2D eigenvalue weighted by atomic mass is 35.5. The molecule has 0 aliphatic rings. The second-order valence-electron chi connectivity index (χ2n) is 6.03. The summed E-state index contributed by atoms with van der Waals surface area (Å²) < 4.78 is 6.20. The van der Waals surface area contributed by atoms with E-state index in [0.29, 0.717) is 6.04 Å². The fourth-order valence-corrected chi connectivity index (χ4v) is 2.42. The summed E-state index contributed by atoms with van der Waals surface area (Å²) in [6, 6.07) is 19.6. The molecule has 0 radical (unpaired) electrons. The van der Waals surface area contributed by atoms with Crippen LogP contribution in [0.2, 0.25) is 0 Å². The number of ether oxygens (including phenoxy) is 1. The van der Waals surface area contributed by atoms with Crippen LogP contribution in [0.1, 0.15) is 43.1 Å². The minimum Gasteiger partial charge on any atom is -1.00 e. The molecule has 126 valence electrons. The highest BCUT2D eigenvalue weighted by Crippen LogP contribution is 2.26. The summed E-state index contributed by atoms with van der Waals surface area (Å²) in [6.45, 7) is 8.19. The molecule has 0 aliphatic carbocycles. The van der Waals surface area contributed by atoms with Gasteiger partial charge in [0.2, 0.25) is 0 Å². The maximum Gasteiger partial charge on any atom is 0.108 e. The Hall–Kier alpha value is -1.35. The second kappa shape index (κ2) is 10.4. The van der Waals surface area contributed by atoms with E-state index in [1.165, 1.54) is 16.7 Å². The summed E-state index contributed by atoms with van der Waals surface area (Å²) in [5, 5.41) is 3.43. The molecule has 0 bridgehead atoms. The van der Waals surface area contributed by atoms with E-state index in [0.717, 1.165) is 19.6 Å². The Morgan fingerprint density at radius 1 is 0.913 bits per heavy atom. The largest absolute Gasteiger partial charge is 1.00 e. The molecule has 1 atom stereocenters. The Morgan fingerprint density at radius 3 is 2.13 bits per heavy atom. The maximum absolute atomic E-state index is 6.20. The molecule has 2 rings (SSSR count). The maximum atomic E-state index is 6.20. The highest BCUT2D eigenvalue weighted by molar-refractivity contribution is 5.31. The smallest absolute Gasteiger partial charge is 0.108 e. The molecule has 1 unspecified atom stereocenters. The lowest BCUT2D eigenvalue weighted by atomic mass is 10.0. The molecule has 0 spiro atoms.